The molecule has 17 heavy (non-hydrogen) atoms. The van der Waals surface area contributed by atoms with Gasteiger partial charge in [0.2, 0.25) is 0 Å². The van der Waals surface area contributed by atoms with Gasteiger partial charge in [0.1, 0.15) is 0 Å². The Labute approximate surface area is 103 Å². The molecule has 1 saturated heterocycles. The topological polar surface area (TPSA) is 20.3 Å². The monoisotopic (exact) mass is 229 g/mol. The molecule has 2 aliphatic rings. The fraction of sp³-hybridized carbons (Fsp3) is 0.533. The number of carbonyl (C=O) groups excluding carboxylic acids is 1. The van der Waals surface area contributed by atoms with Crippen molar-refractivity contribution in [3.8, 4) is 0 Å². The van der Waals surface area contributed by atoms with Crippen LogP contribution in [0.2, 0.25) is 0 Å². The van der Waals surface area contributed by atoms with Crippen molar-refractivity contribution >= 4 is 11.5 Å². The van der Waals surface area contributed by atoms with Crippen LogP contribution in [-0.2, 0) is 4.79 Å². The molecule has 1 heterocycles. The first-order valence-corrected chi connectivity index (χ1v) is 6.69. The average molecular weight is 229 g/mol. The molecule has 0 atom stereocenters. The number of nitrogens with zero attached hydrogens (tertiary/aromatic N) is 1. The molecule has 1 aromatic carbocycles. The summed E-state index contributed by atoms with van der Waals surface area (Å²) in [6.45, 7) is 0.906. The van der Waals surface area contributed by atoms with Crippen LogP contribution < -0.4 is 4.90 Å². The summed E-state index contributed by atoms with van der Waals surface area (Å²) in [6.07, 6.45) is 6.54. The van der Waals surface area contributed by atoms with Crippen molar-refractivity contribution in [3.63, 3.8) is 0 Å². The van der Waals surface area contributed by atoms with Gasteiger partial charge in [-0.25, -0.2) is 0 Å². The van der Waals surface area contributed by atoms with E-state index < -0.39 is 0 Å². The molecular weight excluding hydrogens is 210 g/mol. The standard InChI is InChI=1S/C15H19NO/c17-14-9-12-16(13-7-3-1-4-8-13)15(14)10-5-2-6-11-15/h1,3-4,7-8H,2,5-6,9-12H2. The van der Waals surface area contributed by atoms with Crippen LogP contribution in [0.15, 0.2) is 30.3 Å². The van der Waals surface area contributed by atoms with Crippen molar-refractivity contribution < 1.29 is 4.79 Å². The third-order valence-electron chi connectivity index (χ3n) is 4.35. The molecule has 1 aromatic rings. The van der Waals surface area contributed by atoms with Gasteiger partial charge in [-0.2, -0.15) is 0 Å². The summed E-state index contributed by atoms with van der Waals surface area (Å²) >= 11 is 0. The third kappa shape index (κ3) is 1.67. The van der Waals surface area contributed by atoms with E-state index in [-0.39, 0.29) is 5.54 Å². The number of hydrogen-bond donors (Lipinski definition) is 0. The highest BCUT2D eigenvalue weighted by atomic mass is 16.1. The lowest BCUT2D eigenvalue weighted by atomic mass is 9.79. The Balaban J connectivity index is 1.96. The number of hydrogen-bond acceptors (Lipinski definition) is 2. The van der Waals surface area contributed by atoms with Crippen molar-refractivity contribution in [2.75, 3.05) is 11.4 Å². The fourth-order valence-electron chi connectivity index (χ4n) is 3.48. The smallest absolute Gasteiger partial charge is 0.160 e. The molecule has 3 rings (SSSR count). The summed E-state index contributed by atoms with van der Waals surface area (Å²) in [7, 11) is 0. The Kier molecular flexibility index (Phi) is 2.65. The SMILES string of the molecule is O=C1CCN(c2ccccc2)C12CCCCC2. The van der Waals surface area contributed by atoms with Gasteiger partial charge in [0, 0.05) is 18.7 Å². The lowest BCUT2D eigenvalue weighted by molar-refractivity contribution is -0.122. The lowest BCUT2D eigenvalue weighted by Crippen LogP contribution is -2.50. The van der Waals surface area contributed by atoms with Gasteiger partial charge in [-0.15, -0.1) is 0 Å². The van der Waals surface area contributed by atoms with E-state index in [1.807, 2.05) is 6.07 Å². The largest absolute Gasteiger partial charge is 0.358 e. The zero-order chi connectivity index (χ0) is 11.7. The average Bonchev–Trinajstić information content (AvgIpc) is 2.69. The van der Waals surface area contributed by atoms with E-state index in [4.69, 9.17) is 0 Å². The zero-order valence-electron chi connectivity index (χ0n) is 10.2. The molecular formula is C15H19NO. The van der Waals surface area contributed by atoms with Crippen molar-refractivity contribution in [3.05, 3.63) is 30.3 Å². The molecule has 2 nitrogen and oxygen atoms in total. The second-order valence-corrected chi connectivity index (χ2v) is 5.25. The van der Waals surface area contributed by atoms with E-state index >= 15 is 0 Å². The molecule has 1 spiro atoms. The molecule has 0 amide bonds. The molecule has 1 aliphatic heterocycles. The molecule has 1 saturated carbocycles. The van der Waals surface area contributed by atoms with Gasteiger partial charge in [0.05, 0.1) is 5.54 Å². The summed E-state index contributed by atoms with van der Waals surface area (Å²) in [5.74, 6) is 0.473. The number of ketones is 1. The Morgan fingerprint density at radius 3 is 2.41 bits per heavy atom. The second-order valence-electron chi connectivity index (χ2n) is 5.25. The number of anilines is 1. The van der Waals surface area contributed by atoms with Gasteiger partial charge < -0.3 is 4.90 Å². The van der Waals surface area contributed by atoms with Crippen molar-refractivity contribution in [1.82, 2.24) is 0 Å². The number of benzene rings is 1. The second kappa shape index (κ2) is 4.17. The first kappa shape index (κ1) is 10.8. The molecule has 0 bridgehead atoms. The number of rotatable bonds is 1. The van der Waals surface area contributed by atoms with Crippen LogP contribution in [0, 0.1) is 0 Å². The number of carbonyl (C=O) groups is 1. The van der Waals surface area contributed by atoms with E-state index in [0.29, 0.717) is 5.78 Å². The summed E-state index contributed by atoms with van der Waals surface area (Å²) in [5.41, 5.74) is 1.07. The first-order valence-electron chi connectivity index (χ1n) is 6.69. The van der Waals surface area contributed by atoms with Gasteiger partial charge in [-0.3, -0.25) is 4.79 Å². The molecule has 0 N–H and O–H groups in total. The maximum absolute atomic E-state index is 12.3. The molecule has 90 valence electrons. The van der Waals surface area contributed by atoms with Crippen LogP contribution >= 0.6 is 0 Å². The van der Waals surface area contributed by atoms with Gasteiger partial charge in [-0.1, -0.05) is 37.5 Å². The minimum absolute atomic E-state index is 0.153. The Morgan fingerprint density at radius 1 is 1.00 bits per heavy atom. The maximum Gasteiger partial charge on any atom is 0.160 e. The predicted molar refractivity (Wildman–Crippen MR) is 69.2 cm³/mol. The van der Waals surface area contributed by atoms with Crippen LogP contribution in [0.4, 0.5) is 5.69 Å². The van der Waals surface area contributed by atoms with Crippen molar-refractivity contribution in [2.24, 2.45) is 0 Å². The molecule has 2 heteroatoms. The minimum atomic E-state index is -0.153. The molecule has 0 radical (unpaired) electrons. The molecule has 0 aromatic heterocycles. The van der Waals surface area contributed by atoms with Crippen LogP contribution in [0.5, 0.6) is 0 Å². The highest BCUT2D eigenvalue weighted by molar-refractivity contribution is 5.95. The summed E-state index contributed by atoms with van der Waals surface area (Å²) in [6, 6.07) is 10.4. The van der Waals surface area contributed by atoms with Gasteiger partial charge in [0.15, 0.2) is 5.78 Å². The van der Waals surface area contributed by atoms with Gasteiger partial charge in [-0.05, 0) is 25.0 Å². The third-order valence-corrected chi connectivity index (χ3v) is 4.35. The summed E-state index contributed by atoms with van der Waals surface area (Å²) in [5, 5.41) is 0. The summed E-state index contributed by atoms with van der Waals surface area (Å²) in [4.78, 5) is 14.7. The highest BCUT2D eigenvalue weighted by Gasteiger charge is 2.48. The normalized spacial score (nSPS) is 23.3. The first-order chi connectivity index (χ1) is 8.33. The van der Waals surface area contributed by atoms with Crippen LogP contribution in [-0.4, -0.2) is 17.9 Å². The van der Waals surface area contributed by atoms with E-state index in [1.165, 1.54) is 24.9 Å². The summed E-state index contributed by atoms with van der Waals surface area (Å²) < 4.78 is 0. The Morgan fingerprint density at radius 2 is 1.71 bits per heavy atom. The quantitative estimate of drug-likeness (QED) is 0.737. The van der Waals surface area contributed by atoms with Crippen molar-refractivity contribution in [1.29, 1.82) is 0 Å². The zero-order valence-corrected chi connectivity index (χ0v) is 10.2. The van der Waals surface area contributed by atoms with Crippen LogP contribution in [0.1, 0.15) is 38.5 Å². The van der Waals surface area contributed by atoms with Gasteiger partial charge in [0.25, 0.3) is 0 Å². The fourth-order valence-corrected chi connectivity index (χ4v) is 3.48. The molecule has 0 unspecified atom stereocenters. The predicted octanol–water partition coefficient (Wildman–Crippen LogP) is 3.17. The van der Waals surface area contributed by atoms with Crippen molar-refractivity contribution in [2.45, 2.75) is 44.1 Å². The maximum atomic E-state index is 12.3. The van der Waals surface area contributed by atoms with E-state index in [2.05, 4.69) is 29.2 Å². The Bertz CT molecular complexity index is 406. The van der Waals surface area contributed by atoms with E-state index in [9.17, 15) is 4.79 Å². The minimum Gasteiger partial charge on any atom is -0.358 e. The highest BCUT2D eigenvalue weighted by Crippen LogP contribution is 2.41. The Hall–Kier alpha value is -1.31. The van der Waals surface area contributed by atoms with E-state index in [0.717, 1.165) is 25.8 Å². The number of para-hydroxylation sites is 1. The van der Waals surface area contributed by atoms with Gasteiger partial charge >= 0.3 is 0 Å². The number of Topliss-reactive ketones (excluding diaryl/α,β-unsaturated/α-hetero) is 1. The lowest BCUT2D eigenvalue weighted by Gasteiger charge is -2.41. The molecule has 2 fully saturated rings. The van der Waals surface area contributed by atoms with Crippen LogP contribution in [0.3, 0.4) is 0 Å². The van der Waals surface area contributed by atoms with E-state index in [1.54, 1.807) is 0 Å². The van der Waals surface area contributed by atoms with Crippen LogP contribution in [0.25, 0.3) is 0 Å². The molecule has 1 aliphatic carbocycles.